The lowest BCUT2D eigenvalue weighted by Crippen LogP contribution is -2.49. The standard InChI is InChI=1S/C21H29N3OS/c1-21(2,3)9-10-23-11-13-24(14-12-23)20(25)18-16-26-19(22-18)15-17-7-5-4-6-8-17/h4-8,16H,9-15H2,1-3H3. The lowest BCUT2D eigenvalue weighted by atomic mass is 9.92. The predicted molar refractivity (Wildman–Crippen MR) is 108 cm³/mol. The van der Waals surface area contributed by atoms with Gasteiger partial charge in [0.25, 0.3) is 5.91 Å². The van der Waals surface area contributed by atoms with E-state index in [1.807, 2.05) is 28.5 Å². The number of nitrogens with zero attached hydrogens (tertiary/aromatic N) is 3. The number of rotatable bonds is 5. The van der Waals surface area contributed by atoms with E-state index in [9.17, 15) is 4.79 Å². The van der Waals surface area contributed by atoms with Crippen molar-refractivity contribution in [3.8, 4) is 0 Å². The normalized spacial score (nSPS) is 16.0. The summed E-state index contributed by atoms with van der Waals surface area (Å²) in [5, 5.41) is 2.91. The van der Waals surface area contributed by atoms with Crippen LogP contribution in [0.5, 0.6) is 0 Å². The molecule has 2 heterocycles. The Morgan fingerprint density at radius 2 is 1.81 bits per heavy atom. The average molecular weight is 372 g/mol. The lowest BCUT2D eigenvalue weighted by Gasteiger charge is -2.35. The van der Waals surface area contributed by atoms with Crippen LogP contribution >= 0.6 is 11.3 Å². The van der Waals surface area contributed by atoms with E-state index in [-0.39, 0.29) is 5.91 Å². The van der Waals surface area contributed by atoms with Crippen molar-refractivity contribution < 1.29 is 4.79 Å². The van der Waals surface area contributed by atoms with Crippen LogP contribution in [0.4, 0.5) is 0 Å². The largest absolute Gasteiger partial charge is 0.335 e. The SMILES string of the molecule is CC(C)(C)CCN1CCN(C(=O)c2csc(Cc3ccccc3)n2)CC1. The van der Waals surface area contributed by atoms with Gasteiger partial charge in [-0.15, -0.1) is 11.3 Å². The molecule has 0 bridgehead atoms. The second kappa shape index (κ2) is 8.31. The monoisotopic (exact) mass is 371 g/mol. The number of piperazine rings is 1. The van der Waals surface area contributed by atoms with Crippen LogP contribution in [0, 0.1) is 5.41 Å². The summed E-state index contributed by atoms with van der Waals surface area (Å²) in [5.41, 5.74) is 2.19. The zero-order chi connectivity index (χ0) is 18.6. The van der Waals surface area contributed by atoms with E-state index in [0.717, 1.165) is 44.2 Å². The molecule has 1 aliphatic rings. The molecule has 0 unspecified atom stereocenters. The summed E-state index contributed by atoms with van der Waals surface area (Å²) in [6.07, 6.45) is 1.98. The van der Waals surface area contributed by atoms with Crippen LogP contribution in [-0.4, -0.2) is 53.4 Å². The van der Waals surface area contributed by atoms with Gasteiger partial charge in [0, 0.05) is 38.0 Å². The van der Waals surface area contributed by atoms with Gasteiger partial charge < -0.3 is 4.90 Å². The van der Waals surface area contributed by atoms with Crippen molar-refractivity contribution in [2.45, 2.75) is 33.6 Å². The van der Waals surface area contributed by atoms with Gasteiger partial charge in [0.15, 0.2) is 0 Å². The molecular formula is C21H29N3OS. The molecule has 1 saturated heterocycles. The number of carbonyl (C=O) groups excluding carboxylic acids is 1. The third-order valence-electron chi connectivity index (χ3n) is 4.81. The summed E-state index contributed by atoms with van der Waals surface area (Å²) < 4.78 is 0. The first-order valence-electron chi connectivity index (χ1n) is 9.41. The zero-order valence-electron chi connectivity index (χ0n) is 16.1. The highest BCUT2D eigenvalue weighted by molar-refractivity contribution is 7.09. The van der Waals surface area contributed by atoms with E-state index in [1.165, 1.54) is 12.0 Å². The quantitative estimate of drug-likeness (QED) is 0.799. The number of amides is 1. The molecule has 140 valence electrons. The Hall–Kier alpha value is -1.72. The Morgan fingerprint density at radius 3 is 2.46 bits per heavy atom. The van der Waals surface area contributed by atoms with Gasteiger partial charge in [0.1, 0.15) is 5.69 Å². The fourth-order valence-electron chi connectivity index (χ4n) is 3.09. The molecule has 2 aromatic rings. The first kappa shape index (κ1) is 19.1. The summed E-state index contributed by atoms with van der Waals surface area (Å²) in [6, 6.07) is 10.3. The number of benzene rings is 1. The molecule has 5 heteroatoms. The van der Waals surface area contributed by atoms with Gasteiger partial charge in [0.2, 0.25) is 0 Å². The van der Waals surface area contributed by atoms with E-state index in [2.05, 4.69) is 42.8 Å². The molecule has 0 atom stereocenters. The van der Waals surface area contributed by atoms with Crippen LogP contribution in [0.3, 0.4) is 0 Å². The average Bonchev–Trinajstić information content (AvgIpc) is 3.08. The number of thiazole rings is 1. The number of carbonyl (C=O) groups is 1. The highest BCUT2D eigenvalue weighted by Crippen LogP contribution is 2.20. The molecule has 0 saturated carbocycles. The highest BCUT2D eigenvalue weighted by Gasteiger charge is 2.24. The van der Waals surface area contributed by atoms with Crippen molar-refractivity contribution >= 4 is 17.2 Å². The molecule has 3 rings (SSSR count). The van der Waals surface area contributed by atoms with Crippen LogP contribution < -0.4 is 0 Å². The van der Waals surface area contributed by atoms with Crippen molar-refractivity contribution in [3.05, 3.63) is 52.0 Å². The molecule has 0 spiro atoms. The van der Waals surface area contributed by atoms with Crippen molar-refractivity contribution in [2.24, 2.45) is 5.41 Å². The van der Waals surface area contributed by atoms with E-state index in [1.54, 1.807) is 11.3 Å². The van der Waals surface area contributed by atoms with E-state index in [0.29, 0.717) is 11.1 Å². The minimum atomic E-state index is 0.0797. The van der Waals surface area contributed by atoms with Crippen molar-refractivity contribution in [3.63, 3.8) is 0 Å². The maximum absolute atomic E-state index is 12.7. The van der Waals surface area contributed by atoms with Crippen LogP contribution in [-0.2, 0) is 6.42 Å². The van der Waals surface area contributed by atoms with E-state index in [4.69, 9.17) is 0 Å². The molecule has 1 aromatic carbocycles. The highest BCUT2D eigenvalue weighted by atomic mass is 32.1. The molecular weight excluding hydrogens is 342 g/mol. The fraction of sp³-hybridized carbons (Fsp3) is 0.524. The molecule has 0 N–H and O–H groups in total. The van der Waals surface area contributed by atoms with Crippen molar-refractivity contribution in [1.82, 2.24) is 14.8 Å². The second-order valence-electron chi connectivity index (χ2n) is 8.23. The lowest BCUT2D eigenvalue weighted by molar-refractivity contribution is 0.0618. The Balaban J connectivity index is 1.51. The molecule has 0 aliphatic carbocycles. The Labute approximate surface area is 160 Å². The molecule has 26 heavy (non-hydrogen) atoms. The van der Waals surface area contributed by atoms with Gasteiger partial charge in [-0.25, -0.2) is 4.98 Å². The maximum atomic E-state index is 12.7. The first-order chi connectivity index (χ1) is 12.4. The maximum Gasteiger partial charge on any atom is 0.273 e. The number of hydrogen-bond acceptors (Lipinski definition) is 4. The minimum Gasteiger partial charge on any atom is -0.335 e. The molecule has 1 aliphatic heterocycles. The Morgan fingerprint density at radius 1 is 1.12 bits per heavy atom. The summed E-state index contributed by atoms with van der Waals surface area (Å²) in [6.45, 7) is 11.5. The molecule has 4 nitrogen and oxygen atoms in total. The van der Waals surface area contributed by atoms with Crippen molar-refractivity contribution in [1.29, 1.82) is 0 Å². The van der Waals surface area contributed by atoms with Gasteiger partial charge in [-0.3, -0.25) is 9.69 Å². The van der Waals surface area contributed by atoms with Crippen LogP contribution in [0.1, 0.15) is 48.3 Å². The Kier molecular flexibility index (Phi) is 6.09. The third kappa shape index (κ3) is 5.39. The summed E-state index contributed by atoms with van der Waals surface area (Å²) in [7, 11) is 0. The van der Waals surface area contributed by atoms with Gasteiger partial charge in [-0.1, -0.05) is 51.1 Å². The van der Waals surface area contributed by atoms with Gasteiger partial charge >= 0.3 is 0 Å². The molecule has 1 aromatic heterocycles. The Bertz CT molecular complexity index is 712. The van der Waals surface area contributed by atoms with Crippen LogP contribution in [0.25, 0.3) is 0 Å². The topological polar surface area (TPSA) is 36.4 Å². The summed E-state index contributed by atoms with van der Waals surface area (Å²) in [4.78, 5) is 21.7. The zero-order valence-corrected chi connectivity index (χ0v) is 16.9. The predicted octanol–water partition coefficient (Wildman–Crippen LogP) is 3.93. The van der Waals surface area contributed by atoms with Gasteiger partial charge in [0.05, 0.1) is 5.01 Å². The van der Waals surface area contributed by atoms with Gasteiger partial charge in [-0.05, 0) is 23.9 Å². The first-order valence-corrected chi connectivity index (χ1v) is 10.3. The number of hydrogen-bond donors (Lipinski definition) is 0. The summed E-state index contributed by atoms with van der Waals surface area (Å²) in [5.74, 6) is 0.0797. The molecule has 0 radical (unpaired) electrons. The minimum absolute atomic E-state index is 0.0797. The molecule has 1 fully saturated rings. The smallest absolute Gasteiger partial charge is 0.273 e. The second-order valence-corrected chi connectivity index (χ2v) is 9.18. The van der Waals surface area contributed by atoms with Crippen LogP contribution in [0.15, 0.2) is 35.7 Å². The van der Waals surface area contributed by atoms with E-state index >= 15 is 0 Å². The third-order valence-corrected chi connectivity index (χ3v) is 5.66. The summed E-state index contributed by atoms with van der Waals surface area (Å²) >= 11 is 1.58. The van der Waals surface area contributed by atoms with Gasteiger partial charge in [-0.2, -0.15) is 0 Å². The fourth-order valence-corrected chi connectivity index (χ4v) is 3.89. The van der Waals surface area contributed by atoms with E-state index < -0.39 is 0 Å². The van der Waals surface area contributed by atoms with Crippen LogP contribution in [0.2, 0.25) is 0 Å². The molecule has 1 amide bonds. The van der Waals surface area contributed by atoms with Crippen molar-refractivity contribution in [2.75, 3.05) is 32.7 Å². The number of aromatic nitrogens is 1.